The quantitative estimate of drug-likeness (QED) is 0.358. The molecular formula is C9H15NO. The lowest BCUT2D eigenvalue weighted by atomic mass is 10.4. The second kappa shape index (κ2) is 7.09. The molecule has 0 rings (SSSR count). The Morgan fingerprint density at radius 3 is 2.91 bits per heavy atom. The second-order valence-electron chi connectivity index (χ2n) is 2.04. The fourth-order valence-corrected chi connectivity index (χ4v) is 0.584. The summed E-state index contributed by atoms with van der Waals surface area (Å²) in [5, 5.41) is 12.1. The van der Waals surface area contributed by atoms with Gasteiger partial charge in [-0.25, -0.2) is 0 Å². The predicted octanol–water partition coefficient (Wildman–Crippen LogP) is 1.78. The van der Waals surface area contributed by atoms with Gasteiger partial charge in [-0.05, 0) is 18.7 Å². The molecule has 0 aliphatic carbocycles. The molecule has 0 radical (unpaired) electrons. The van der Waals surface area contributed by atoms with Crippen molar-refractivity contribution < 1.29 is 5.11 Å². The van der Waals surface area contributed by atoms with Crippen LogP contribution >= 0.6 is 0 Å². The number of allylic oxidation sites excluding steroid dienone is 3. The van der Waals surface area contributed by atoms with Gasteiger partial charge in [0, 0.05) is 6.54 Å². The van der Waals surface area contributed by atoms with E-state index in [1.165, 1.54) is 0 Å². The molecule has 0 fully saturated rings. The minimum absolute atomic E-state index is 0.234. The molecule has 11 heavy (non-hydrogen) atoms. The average molecular weight is 153 g/mol. The lowest BCUT2D eigenvalue weighted by molar-refractivity contribution is 0.432. The zero-order valence-corrected chi connectivity index (χ0v) is 6.88. The maximum Gasteiger partial charge on any atom is 0.115 e. The maximum absolute atomic E-state index is 9.02. The zero-order valence-electron chi connectivity index (χ0n) is 6.88. The third-order valence-electron chi connectivity index (χ3n) is 1.09. The molecule has 0 saturated heterocycles. The van der Waals surface area contributed by atoms with Crippen molar-refractivity contribution in [2.75, 3.05) is 13.1 Å². The standard InChI is InChI=1S/C9H15NO/c1-3-6-9(11)7-5-8-10-4-2/h3,5-7,10-11H,1,4,8H2,2H3/b7-5-,9-6+. The molecule has 0 amide bonds. The molecule has 2 nitrogen and oxygen atoms in total. The van der Waals surface area contributed by atoms with E-state index in [-0.39, 0.29) is 5.76 Å². The van der Waals surface area contributed by atoms with Crippen LogP contribution in [0.25, 0.3) is 0 Å². The molecule has 0 bridgehead atoms. The van der Waals surface area contributed by atoms with E-state index in [0.717, 1.165) is 13.1 Å². The number of rotatable bonds is 5. The summed E-state index contributed by atoms with van der Waals surface area (Å²) in [6.07, 6.45) is 6.60. The van der Waals surface area contributed by atoms with Crippen LogP contribution in [0.1, 0.15) is 6.92 Å². The number of hydrogen-bond acceptors (Lipinski definition) is 2. The molecule has 0 aliphatic rings. The Kier molecular flexibility index (Phi) is 6.43. The third kappa shape index (κ3) is 6.87. The molecule has 0 saturated carbocycles. The lowest BCUT2D eigenvalue weighted by Gasteiger charge is -1.92. The van der Waals surface area contributed by atoms with Gasteiger partial charge in [-0.1, -0.05) is 25.7 Å². The molecule has 0 aromatic heterocycles. The van der Waals surface area contributed by atoms with E-state index in [4.69, 9.17) is 5.11 Å². The van der Waals surface area contributed by atoms with Gasteiger partial charge >= 0.3 is 0 Å². The smallest absolute Gasteiger partial charge is 0.115 e. The minimum Gasteiger partial charge on any atom is -0.508 e. The lowest BCUT2D eigenvalue weighted by Crippen LogP contribution is -2.11. The first-order valence-corrected chi connectivity index (χ1v) is 3.70. The summed E-state index contributed by atoms with van der Waals surface area (Å²) in [5.41, 5.74) is 0. The van der Waals surface area contributed by atoms with Gasteiger partial charge in [-0.2, -0.15) is 0 Å². The average Bonchev–Trinajstić information content (AvgIpc) is 1.99. The Bertz CT molecular complexity index is 159. The van der Waals surface area contributed by atoms with E-state index in [9.17, 15) is 0 Å². The van der Waals surface area contributed by atoms with E-state index in [2.05, 4.69) is 11.9 Å². The first kappa shape index (κ1) is 9.98. The zero-order chi connectivity index (χ0) is 8.53. The van der Waals surface area contributed by atoms with Gasteiger partial charge in [0.15, 0.2) is 0 Å². The Morgan fingerprint density at radius 2 is 2.36 bits per heavy atom. The summed E-state index contributed by atoms with van der Waals surface area (Å²) in [6.45, 7) is 7.22. The first-order chi connectivity index (χ1) is 5.31. The van der Waals surface area contributed by atoms with Gasteiger partial charge in [0.25, 0.3) is 0 Å². The predicted molar refractivity (Wildman–Crippen MR) is 48.6 cm³/mol. The molecule has 0 unspecified atom stereocenters. The van der Waals surface area contributed by atoms with Crippen molar-refractivity contribution in [3.63, 3.8) is 0 Å². The van der Waals surface area contributed by atoms with E-state index in [1.54, 1.807) is 18.2 Å². The Hall–Kier alpha value is -1.02. The van der Waals surface area contributed by atoms with E-state index in [0.29, 0.717) is 0 Å². The van der Waals surface area contributed by atoms with Gasteiger partial charge in [0.2, 0.25) is 0 Å². The van der Waals surface area contributed by atoms with Crippen LogP contribution in [0.4, 0.5) is 0 Å². The normalized spacial score (nSPS) is 12.3. The van der Waals surface area contributed by atoms with Crippen molar-refractivity contribution >= 4 is 0 Å². The van der Waals surface area contributed by atoms with Crippen LogP contribution in [-0.4, -0.2) is 18.2 Å². The van der Waals surface area contributed by atoms with Crippen molar-refractivity contribution in [2.45, 2.75) is 6.92 Å². The number of likely N-dealkylation sites (N-methyl/N-ethyl adjacent to an activating group) is 1. The number of nitrogens with one attached hydrogen (secondary N) is 1. The van der Waals surface area contributed by atoms with Crippen molar-refractivity contribution in [2.24, 2.45) is 0 Å². The molecule has 0 aromatic rings. The van der Waals surface area contributed by atoms with E-state index in [1.807, 2.05) is 13.0 Å². The molecule has 0 aliphatic heterocycles. The second-order valence-corrected chi connectivity index (χ2v) is 2.04. The van der Waals surface area contributed by atoms with E-state index >= 15 is 0 Å². The molecular weight excluding hydrogens is 138 g/mol. The third-order valence-corrected chi connectivity index (χ3v) is 1.09. The minimum atomic E-state index is 0.234. The Morgan fingerprint density at radius 1 is 1.64 bits per heavy atom. The summed E-state index contributed by atoms with van der Waals surface area (Å²) in [5.74, 6) is 0.234. The summed E-state index contributed by atoms with van der Waals surface area (Å²) in [7, 11) is 0. The fourth-order valence-electron chi connectivity index (χ4n) is 0.584. The summed E-state index contributed by atoms with van der Waals surface area (Å²) < 4.78 is 0. The first-order valence-electron chi connectivity index (χ1n) is 3.70. The largest absolute Gasteiger partial charge is 0.508 e. The number of aliphatic hydroxyl groups is 1. The number of aliphatic hydroxyl groups excluding tert-OH is 1. The van der Waals surface area contributed by atoms with Crippen LogP contribution < -0.4 is 5.32 Å². The highest BCUT2D eigenvalue weighted by atomic mass is 16.3. The SMILES string of the molecule is C=C/C=C(O)\C=C/CNCC. The van der Waals surface area contributed by atoms with Gasteiger partial charge in [-0.3, -0.25) is 0 Å². The van der Waals surface area contributed by atoms with Gasteiger partial charge in [-0.15, -0.1) is 0 Å². The van der Waals surface area contributed by atoms with Crippen LogP contribution in [0.3, 0.4) is 0 Å². The van der Waals surface area contributed by atoms with Crippen molar-refractivity contribution in [3.8, 4) is 0 Å². The van der Waals surface area contributed by atoms with Crippen molar-refractivity contribution in [1.82, 2.24) is 5.32 Å². The number of hydrogen-bond donors (Lipinski definition) is 2. The molecule has 0 atom stereocenters. The van der Waals surface area contributed by atoms with Gasteiger partial charge in [0.1, 0.15) is 5.76 Å². The van der Waals surface area contributed by atoms with Crippen LogP contribution in [0.15, 0.2) is 36.6 Å². The molecule has 0 aromatic carbocycles. The van der Waals surface area contributed by atoms with Gasteiger partial charge in [0.05, 0.1) is 0 Å². The Balaban J connectivity index is 3.56. The highest BCUT2D eigenvalue weighted by Crippen LogP contribution is 1.89. The molecule has 0 heterocycles. The van der Waals surface area contributed by atoms with Crippen LogP contribution in [-0.2, 0) is 0 Å². The monoisotopic (exact) mass is 153 g/mol. The summed E-state index contributed by atoms with van der Waals surface area (Å²) in [4.78, 5) is 0. The topological polar surface area (TPSA) is 32.3 Å². The van der Waals surface area contributed by atoms with Crippen molar-refractivity contribution in [3.05, 3.63) is 36.6 Å². The highest BCUT2D eigenvalue weighted by molar-refractivity contribution is 5.15. The summed E-state index contributed by atoms with van der Waals surface area (Å²) >= 11 is 0. The van der Waals surface area contributed by atoms with Crippen molar-refractivity contribution in [1.29, 1.82) is 0 Å². The molecule has 0 spiro atoms. The van der Waals surface area contributed by atoms with Gasteiger partial charge < -0.3 is 10.4 Å². The van der Waals surface area contributed by atoms with Crippen LogP contribution in [0.2, 0.25) is 0 Å². The molecule has 62 valence electrons. The molecule has 2 N–H and O–H groups in total. The fraction of sp³-hybridized carbons (Fsp3) is 0.333. The summed E-state index contributed by atoms with van der Waals surface area (Å²) in [6, 6.07) is 0. The van der Waals surface area contributed by atoms with E-state index < -0.39 is 0 Å². The maximum atomic E-state index is 9.02. The van der Waals surface area contributed by atoms with Crippen LogP contribution in [0, 0.1) is 0 Å². The van der Waals surface area contributed by atoms with Crippen LogP contribution in [0.5, 0.6) is 0 Å². The molecule has 2 heteroatoms. The highest BCUT2D eigenvalue weighted by Gasteiger charge is 1.79. The Labute approximate surface area is 67.9 Å².